The Bertz CT molecular complexity index is 402. The molecular weight excluding hydrogens is 256 g/mol. The van der Waals surface area contributed by atoms with Crippen molar-refractivity contribution in [2.45, 2.75) is 70.4 Å². The van der Waals surface area contributed by atoms with E-state index in [0.717, 1.165) is 32.1 Å². The lowest BCUT2D eigenvalue weighted by atomic mass is 9.75. The van der Waals surface area contributed by atoms with Gasteiger partial charge in [-0.15, -0.1) is 0 Å². The zero-order chi connectivity index (χ0) is 15.0. The van der Waals surface area contributed by atoms with E-state index in [1.54, 1.807) is 0 Å². The van der Waals surface area contributed by atoms with Crippen LogP contribution in [0.3, 0.4) is 0 Å². The van der Waals surface area contributed by atoms with E-state index in [1.165, 1.54) is 0 Å². The van der Waals surface area contributed by atoms with Crippen LogP contribution in [0.25, 0.3) is 0 Å². The zero-order valence-electron chi connectivity index (χ0n) is 12.4. The van der Waals surface area contributed by atoms with Crippen molar-refractivity contribution in [1.29, 1.82) is 0 Å². The highest BCUT2D eigenvalue weighted by atomic mass is 16.4. The maximum atomic E-state index is 12.6. The summed E-state index contributed by atoms with van der Waals surface area (Å²) in [6, 6.07) is -0.171. The van der Waals surface area contributed by atoms with Crippen LogP contribution >= 0.6 is 0 Å². The van der Waals surface area contributed by atoms with Crippen LogP contribution in [0.15, 0.2) is 0 Å². The molecule has 0 radical (unpaired) electrons. The van der Waals surface area contributed by atoms with Gasteiger partial charge in [0.1, 0.15) is 5.54 Å². The van der Waals surface area contributed by atoms with Gasteiger partial charge in [-0.05, 0) is 51.4 Å². The van der Waals surface area contributed by atoms with Gasteiger partial charge in [-0.3, -0.25) is 4.79 Å². The highest BCUT2D eigenvalue weighted by Gasteiger charge is 2.49. The molecule has 2 unspecified atom stereocenters. The van der Waals surface area contributed by atoms with E-state index in [2.05, 4.69) is 12.2 Å². The number of carbonyl (C=O) groups excluding carboxylic acids is 1. The molecule has 0 aromatic carbocycles. The molecule has 0 aliphatic heterocycles. The molecule has 0 aromatic heterocycles. The molecule has 0 bridgehead atoms. The Labute approximate surface area is 120 Å². The molecule has 114 valence electrons. The summed E-state index contributed by atoms with van der Waals surface area (Å²) in [5.74, 6) is -0.559. The van der Waals surface area contributed by atoms with Crippen LogP contribution in [0.2, 0.25) is 0 Å². The number of carboxylic acids is 1. The van der Waals surface area contributed by atoms with E-state index in [4.69, 9.17) is 5.73 Å². The SMILES string of the molecule is CC1CCC(NC(=O)C2(C)CCCC2N)(C(=O)O)CC1. The largest absolute Gasteiger partial charge is 0.480 e. The molecule has 2 aliphatic carbocycles. The molecule has 0 heterocycles. The van der Waals surface area contributed by atoms with Crippen molar-refractivity contribution < 1.29 is 14.7 Å². The smallest absolute Gasteiger partial charge is 0.329 e. The lowest BCUT2D eigenvalue weighted by Gasteiger charge is -2.39. The van der Waals surface area contributed by atoms with Crippen LogP contribution in [0.1, 0.15) is 58.8 Å². The average Bonchev–Trinajstić information content (AvgIpc) is 2.74. The number of rotatable bonds is 3. The summed E-state index contributed by atoms with van der Waals surface area (Å²) in [4.78, 5) is 24.3. The third-order valence-electron chi connectivity index (χ3n) is 5.44. The molecule has 0 spiro atoms. The molecule has 2 atom stereocenters. The molecule has 2 fully saturated rings. The third kappa shape index (κ3) is 2.55. The fourth-order valence-electron chi connectivity index (χ4n) is 3.48. The quantitative estimate of drug-likeness (QED) is 0.734. The van der Waals surface area contributed by atoms with Crippen molar-refractivity contribution in [1.82, 2.24) is 5.32 Å². The van der Waals surface area contributed by atoms with Gasteiger partial charge in [0.25, 0.3) is 0 Å². The second kappa shape index (κ2) is 5.35. The van der Waals surface area contributed by atoms with Crippen molar-refractivity contribution in [3.8, 4) is 0 Å². The van der Waals surface area contributed by atoms with Gasteiger partial charge in [0.2, 0.25) is 5.91 Å². The fraction of sp³-hybridized carbons (Fsp3) is 0.867. The number of hydrogen-bond donors (Lipinski definition) is 3. The van der Waals surface area contributed by atoms with Crippen LogP contribution < -0.4 is 11.1 Å². The van der Waals surface area contributed by atoms with Gasteiger partial charge in [0, 0.05) is 6.04 Å². The monoisotopic (exact) mass is 282 g/mol. The van der Waals surface area contributed by atoms with Crippen molar-refractivity contribution in [2.75, 3.05) is 0 Å². The molecule has 2 rings (SSSR count). The van der Waals surface area contributed by atoms with Crippen molar-refractivity contribution >= 4 is 11.9 Å². The summed E-state index contributed by atoms with van der Waals surface area (Å²) in [7, 11) is 0. The number of amides is 1. The van der Waals surface area contributed by atoms with Crippen LogP contribution in [-0.4, -0.2) is 28.6 Å². The number of nitrogens with one attached hydrogen (secondary N) is 1. The summed E-state index contributed by atoms with van der Waals surface area (Å²) in [6.45, 7) is 3.99. The van der Waals surface area contributed by atoms with Crippen LogP contribution in [0, 0.1) is 11.3 Å². The van der Waals surface area contributed by atoms with E-state index >= 15 is 0 Å². The number of carboxylic acid groups (broad SMARTS) is 1. The highest BCUT2D eigenvalue weighted by molar-refractivity contribution is 5.90. The molecule has 5 heteroatoms. The predicted molar refractivity (Wildman–Crippen MR) is 76.1 cm³/mol. The van der Waals surface area contributed by atoms with E-state index in [9.17, 15) is 14.7 Å². The minimum atomic E-state index is -1.09. The van der Waals surface area contributed by atoms with Crippen molar-refractivity contribution in [2.24, 2.45) is 17.1 Å². The first-order valence-corrected chi connectivity index (χ1v) is 7.62. The van der Waals surface area contributed by atoms with Crippen LogP contribution in [0.4, 0.5) is 0 Å². The molecule has 20 heavy (non-hydrogen) atoms. The third-order valence-corrected chi connectivity index (χ3v) is 5.44. The maximum Gasteiger partial charge on any atom is 0.329 e. The molecule has 4 N–H and O–H groups in total. The minimum absolute atomic E-state index is 0.171. The zero-order valence-corrected chi connectivity index (χ0v) is 12.4. The van der Waals surface area contributed by atoms with Gasteiger partial charge in [0.15, 0.2) is 0 Å². The summed E-state index contributed by atoms with van der Waals surface area (Å²) in [5, 5.41) is 12.4. The Morgan fingerprint density at radius 1 is 1.20 bits per heavy atom. The molecule has 5 nitrogen and oxygen atoms in total. The maximum absolute atomic E-state index is 12.6. The molecule has 0 saturated heterocycles. The van der Waals surface area contributed by atoms with Crippen molar-refractivity contribution in [3.63, 3.8) is 0 Å². The van der Waals surface area contributed by atoms with E-state index in [0.29, 0.717) is 18.8 Å². The summed E-state index contributed by atoms with van der Waals surface area (Å²) in [5.41, 5.74) is 4.34. The summed E-state index contributed by atoms with van der Waals surface area (Å²) < 4.78 is 0. The highest BCUT2D eigenvalue weighted by Crippen LogP contribution is 2.39. The van der Waals surface area contributed by atoms with E-state index < -0.39 is 16.9 Å². The molecule has 2 aliphatic rings. The standard InChI is InChI=1S/C15H26N2O3/c1-10-5-8-15(9-6-10,13(19)20)17-12(18)14(2)7-3-4-11(14)16/h10-11H,3-9,16H2,1-2H3,(H,17,18)(H,19,20). The lowest BCUT2D eigenvalue weighted by Crippen LogP contribution is -2.60. The van der Waals surface area contributed by atoms with Gasteiger partial charge < -0.3 is 16.2 Å². The van der Waals surface area contributed by atoms with Crippen molar-refractivity contribution in [3.05, 3.63) is 0 Å². The van der Waals surface area contributed by atoms with Gasteiger partial charge in [-0.1, -0.05) is 13.3 Å². The molecule has 1 amide bonds. The Hall–Kier alpha value is -1.10. The van der Waals surface area contributed by atoms with Gasteiger partial charge in [-0.2, -0.15) is 0 Å². The van der Waals surface area contributed by atoms with Crippen LogP contribution in [0.5, 0.6) is 0 Å². The van der Waals surface area contributed by atoms with E-state index in [-0.39, 0.29) is 11.9 Å². The van der Waals surface area contributed by atoms with E-state index in [1.807, 2.05) is 6.92 Å². The Kier molecular flexibility index (Phi) is 4.09. The predicted octanol–water partition coefficient (Wildman–Crippen LogP) is 1.65. The second-order valence-electron chi connectivity index (χ2n) is 6.94. The summed E-state index contributed by atoms with van der Waals surface area (Å²) >= 11 is 0. The average molecular weight is 282 g/mol. The Morgan fingerprint density at radius 3 is 2.25 bits per heavy atom. The number of carbonyl (C=O) groups is 2. The molecular formula is C15H26N2O3. The first-order valence-electron chi connectivity index (χ1n) is 7.62. The fourth-order valence-corrected chi connectivity index (χ4v) is 3.48. The minimum Gasteiger partial charge on any atom is -0.480 e. The second-order valence-corrected chi connectivity index (χ2v) is 6.94. The van der Waals surface area contributed by atoms with Crippen LogP contribution in [-0.2, 0) is 9.59 Å². The molecule has 0 aromatic rings. The first kappa shape index (κ1) is 15.3. The number of nitrogens with two attached hydrogens (primary N) is 1. The summed E-state index contributed by atoms with van der Waals surface area (Å²) in [6.07, 6.45) is 5.22. The van der Waals surface area contributed by atoms with Gasteiger partial charge >= 0.3 is 5.97 Å². The topological polar surface area (TPSA) is 92.4 Å². The number of aliphatic carboxylic acids is 1. The number of hydrogen-bond acceptors (Lipinski definition) is 3. The molecule has 2 saturated carbocycles. The van der Waals surface area contributed by atoms with Gasteiger partial charge in [0.05, 0.1) is 5.41 Å². The normalized spacial score (nSPS) is 41.4. The lowest BCUT2D eigenvalue weighted by molar-refractivity contribution is -0.151. The Morgan fingerprint density at radius 2 is 1.80 bits per heavy atom. The van der Waals surface area contributed by atoms with Gasteiger partial charge in [-0.25, -0.2) is 4.79 Å². The Balaban J connectivity index is 2.13. The first-order chi connectivity index (χ1) is 9.30.